The van der Waals surface area contributed by atoms with Gasteiger partial charge in [0, 0.05) is 25.3 Å². The molecule has 0 amide bonds. The highest BCUT2D eigenvalue weighted by Gasteiger charge is 2.22. The minimum absolute atomic E-state index is 0.444. The number of nitrogens with zero attached hydrogens (tertiary/aromatic N) is 5. The first-order valence-electron chi connectivity index (χ1n) is 10.1. The van der Waals surface area contributed by atoms with E-state index in [-0.39, 0.29) is 0 Å². The highest BCUT2D eigenvalue weighted by molar-refractivity contribution is 5.21. The Morgan fingerprint density at radius 3 is 2.75 bits per heavy atom. The second kappa shape index (κ2) is 9.46. The van der Waals surface area contributed by atoms with Gasteiger partial charge in [0.25, 0.3) is 0 Å². The van der Waals surface area contributed by atoms with Crippen LogP contribution in [0.5, 0.6) is 5.75 Å². The van der Waals surface area contributed by atoms with Crippen LogP contribution in [0.3, 0.4) is 0 Å². The lowest BCUT2D eigenvalue weighted by Crippen LogP contribution is -2.39. The monoisotopic (exact) mass is 377 g/mol. The third-order valence-electron chi connectivity index (χ3n) is 5.25. The number of ether oxygens (including phenoxy) is 1. The van der Waals surface area contributed by atoms with Gasteiger partial charge in [-0.3, -0.25) is 14.6 Å². The fourth-order valence-electron chi connectivity index (χ4n) is 3.76. The summed E-state index contributed by atoms with van der Waals surface area (Å²) in [6.07, 6.45) is 8.77. The van der Waals surface area contributed by atoms with Crippen LogP contribution in [0, 0.1) is 0 Å². The molecule has 6 heteroatoms. The van der Waals surface area contributed by atoms with E-state index in [1.54, 1.807) is 0 Å². The smallest absolute Gasteiger partial charge is 0.134 e. The minimum atomic E-state index is 0.444. The molecular weight excluding hydrogens is 350 g/mol. The number of para-hydroxylation sites is 1. The Morgan fingerprint density at radius 2 is 1.89 bits per heavy atom. The molecule has 1 unspecified atom stereocenters. The zero-order valence-electron chi connectivity index (χ0n) is 16.2. The third-order valence-corrected chi connectivity index (χ3v) is 5.25. The van der Waals surface area contributed by atoms with Crippen molar-refractivity contribution in [3.63, 3.8) is 0 Å². The molecule has 1 fully saturated rings. The summed E-state index contributed by atoms with van der Waals surface area (Å²) in [6, 6.07) is 16.5. The van der Waals surface area contributed by atoms with E-state index in [1.165, 1.54) is 19.3 Å². The second-order valence-corrected chi connectivity index (χ2v) is 7.30. The van der Waals surface area contributed by atoms with E-state index >= 15 is 0 Å². The van der Waals surface area contributed by atoms with Crippen molar-refractivity contribution in [2.75, 3.05) is 6.54 Å². The van der Waals surface area contributed by atoms with Crippen molar-refractivity contribution in [2.45, 2.75) is 51.4 Å². The second-order valence-electron chi connectivity index (χ2n) is 7.30. The van der Waals surface area contributed by atoms with Crippen molar-refractivity contribution >= 4 is 0 Å². The number of likely N-dealkylation sites (tertiary alicyclic amines) is 1. The van der Waals surface area contributed by atoms with Gasteiger partial charge in [0.15, 0.2) is 0 Å². The Bertz CT molecular complexity index is 836. The van der Waals surface area contributed by atoms with Crippen LogP contribution >= 0.6 is 0 Å². The van der Waals surface area contributed by atoms with Crippen LogP contribution in [0.15, 0.2) is 60.9 Å². The lowest BCUT2D eigenvalue weighted by atomic mass is 9.99. The molecule has 1 aliphatic rings. The summed E-state index contributed by atoms with van der Waals surface area (Å²) in [6.45, 7) is 3.40. The molecule has 0 spiro atoms. The molecule has 0 bridgehead atoms. The van der Waals surface area contributed by atoms with E-state index < -0.39 is 0 Å². The van der Waals surface area contributed by atoms with Crippen molar-refractivity contribution in [1.29, 1.82) is 0 Å². The van der Waals surface area contributed by atoms with E-state index in [1.807, 2.05) is 53.5 Å². The molecule has 0 radical (unpaired) electrons. The van der Waals surface area contributed by atoms with Crippen LogP contribution in [0.1, 0.15) is 37.1 Å². The number of rotatable bonds is 8. The molecule has 3 aromatic rings. The molecule has 0 aliphatic carbocycles. The van der Waals surface area contributed by atoms with Gasteiger partial charge >= 0.3 is 0 Å². The predicted octanol–water partition coefficient (Wildman–Crippen LogP) is 3.70. The third kappa shape index (κ3) is 5.16. The molecule has 2 aromatic heterocycles. The molecule has 6 nitrogen and oxygen atoms in total. The Hall–Kier alpha value is -2.73. The fourth-order valence-corrected chi connectivity index (χ4v) is 3.76. The summed E-state index contributed by atoms with van der Waals surface area (Å²) in [5.74, 6) is 0.851. The van der Waals surface area contributed by atoms with E-state index in [9.17, 15) is 0 Å². The summed E-state index contributed by atoms with van der Waals surface area (Å²) < 4.78 is 7.69. The van der Waals surface area contributed by atoms with Crippen LogP contribution in [-0.4, -0.2) is 37.5 Å². The van der Waals surface area contributed by atoms with Gasteiger partial charge in [-0.2, -0.15) is 0 Å². The lowest BCUT2D eigenvalue weighted by molar-refractivity contribution is 0.125. The summed E-state index contributed by atoms with van der Waals surface area (Å²) in [5.41, 5.74) is 2.01. The minimum Gasteiger partial charge on any atom is -0.487 e. The van der Waals surface area contributed by atoms with E-state index in [0.717, 1.165) is 43.2 Å². The van der Waals surface area contributed by atoms with Crippen LogP contribution in [0.25, 0.3) is 0 Å². The standard InChI is InChI=1S/C22H27N5O/c1-2-10-22(11-3-1)28-18-20-17-27(25-24-20)15-12-21-9-5-7-14-26(21)16-19-8-4-6-13-23-19/h1-4,6,8,10-11,13,17,21H,5,7,9,12,14-16,18H2. The maximum absolute atomic E-state index is 5.75. The molecule has 1 aromatic carbocycles. The lowest BCUT2D eigenvalue weighted by Gasteiger charge is -2.35. The summed E-state index contributed by atoms with van der Waals surface area (Å²) in [4.78, 5) is 7.06. The first-order chi connectivity index (χ1) is 13.9. The van der Waals surface area contributed by atoms with Gasteiger partial charge in [0.05, 0.1) is 11.9 Å². The molecule has 0 N–H and O–H groups in total. The molecule has 146 valence electrons. The molecule has 1 atom stereocenters. The zero-order valence-corrected chi connectivity index (χ0v) is 16.2. The number of pyridine rings is 1. The Morgan fingerprint density at radius 1 is 1.00 bits per heavy atom. The summed E-state index contributed by atoms with van der Waals surface area (Å²) in [7, 11) is 0. The van der Waals surface area contributed by atoms with Crippen LogP contribution in [0.4, 0.5) is 0 Å². The number of aromatic nitrogens is 4. The first kappa shape index (κ1) is 18.6. The molecule has 3 heterocycles. The van der Waals surface area contributed by atoms with Crippen molar-refractivity contribution in [3.05, 3.63) is 72.3 Å². The Kier molecular flexibility index (Phi) is 6.29. The maximum atomic E-state index is 5.75. The topological polar surface area (TPSA) is 56.1 Å². The average molecular weight is 377 g/mol. The fraction of sp³-hybridized carbons (Fsp3) is 0.409. The number of piperidine rings is 1. The molecule has 4 rings (SSSR count). The SMILES string of the molecule is c1ccc(OCc2cn(CCC3CCCCN3Cc3ccccn3)nn2)cc1. The number of benzene rings is 1. The average Bonchev–Trinajstić information content (AvgIpc) is 3.21. The van der Waals surface area contributed by atoms with E-state index in [4.69, 9.17) is 4.74 Å². The molecule has 1 saturated heterocycles. The number of aryl methyl sites for hydroxylation is 1. The van der Waals surface area contributed by atoms with Gasteiger partial charge in [-0.25, -0.2) is 0 Å². The van der Waals surface area contributed by atoms with Crippen molar-refractivity contribution in [3.8, 4) is 5.75 Å². The van der Waals surface area contributed by atoms with Gasteiger partial charge < -0.3 is 4.74 Å². The molecule has 0 saturated carbocycles. The van der Waals surface area contributed by atoms with Crippen molar-refractivity contribution < 1.29 is 4.74 Å². The summed E-state index contributed by atoms with van der Waals surface area (Å²) >= 11 is 0. The van der Waals surface area contributed by atoms with Crippen molar-refractivity contribution in [2.24, 2.45) is 0 Å². The molecule has 1 aliphatic heterocycles. The molecular formula is C22H27N5O. The quantitative estimate of drug-likeness (QED) is 0.599. The molecule has 28 heavy (non-hydrogen) atoms. The van der Waals surface area contributed by atoms with Crippen molar-refractivity contribution in [1.82, 2.24) is 24.9 Å². The van der Waals surface area contributed by atoms with Crippen LogP contribution in [-0.2, 0) is 19.7 Å². The summed E-state index contributed by atoms with van der Waals surface area (Å²) in [5, 5.41) is 8.52. The van der Waals surface area contributed by atoms with Gasteiger partial charge in [-0.05, 0) is 50.1 Å². The van der Waals surface area contributed by atoms with Crippen LogP contribution < -0.4 is 4.74 Å². The Balaban J connectivity index is 1.28. The largest absolute Gasteiger partial charge is 0.487 e. The highest BCUT2D eigenvalue weighted by Crippen LogP contribution is 2.22. The van der Waals surface area contributed by atoms with E-state index in [2.05, 4.69) is 32.3 Å². The van der Waals surface area contributed by atoms with Crippen LogP contribution in [0.2, 0.25) is 0 Å². The van der Waals surface area contributed by atoms with E-state index in [0.29, 0.717) is 12.6 Å². The number of hydrogen-bond acceptors (Lipinski definition) is 5. The zero-order chi connectivity index (χ0) is 19.0. The number of hydrogen-bond donors (Lipinski definition) is 0. The van der Waals surface area contributed by atoms with Gasteiger partial charge in [-0.15, -0.1) is 5.10 Å². The predicted molar refractivity (Wildman–Crippen MR) is 108 cm³/mol. The first-order valence-corrected chi connectivity index (χ1v) is 10.1. The van der Waals surface area contributed by atoms with Gasteiger partial charge in [0.2, 0.25) is 0 Å². The van der Waals surface area contributed by atoms with Gasteiger partial charge in [0.1, 0.15) is 18.1 Å². The highest BCUT2D eigenvalue weighted by atomic mass is 16.5. The maximum Gasteiger partial charge on any atom is 0.134 e. The van der Waals surface area contributed by atoms with Gasteiger partial charge in [-0.1, -0.05) is 35.9 Å². The Labute approximate surface area is 166 Å². The normalized spacial score (nSPS) is 17.5.